The Balaban J connectivity index is 2.06. The molecule has 2 aromatic rings. The van der Waals surface area contributed by atoms with E-state index in [1.54, 1.807) is 19.2 Å². The summed E-state index contributed by atoms with van der Waals surface area (Å²) < 4.78 is 11.5. The minimum absolute atomic E-state index is 0.330. The van der Waals surface area contributed by atoms with Crippen molar-refractivity contribution >= 4 is 17.6 Å². The summed E-state index contributed by atoms with van der Waals surface area (Å²) in [6, 6.07) is 7.47. The molecule has 6 heteroatoms. The second-order valence-electron chi connectivity index (χ2n) is 5.58. The molecule has 1 aliphatic heterocycles. The summed E-state index contributed by atoms with van der Waals surface area (Å²) in [5.41, 5.74) is 2.57. The fourth-order valence-corrected chi connectivity index (χ4v) is 3.03. The average Bonchev–Trinajstić information content (AvgIpc) is 2.85. The Morgan fingerprint density at radius 2 is 2.30 bits per heavy atom. The maximum Gasteiger partial charge on any atom is 0.341 e. The molecular weight excluding hydrogens is 318 g/mol. The van der Waals surface area contributed by atoms with Crippen molar-refractivity contribution < 1.29 is 19.4 Å². The number of aryl methyl sites for hydroxylation is 1. The summed E-state index contributed by atoms with van der Waals surface area (Å²) in [6.07, 6.45) is 1.76. The SMILES string of the molecule is Cc1ncc2c(c1OCC(=O)O)COC2(C)c1cccc(Cl)c1. The van der Waals surface area contributed by atoms with Crippen LogP contribution in [0.1, 0.15) is 29.3 Å². The number of rotatable bonds is 4. The molecule has 1 aromatic carbocycles. The molecule has 1 N–H and O–H groups in total. The van der Waals surface area contributed by atoms with E-state index in [-0.39, 0.29) is 0 Å². The predicted molar refractivity (Wildman–Crippen MR) is 84.8 cm³/mol. The van der Waals surface area contributed by atoms with Gasteiger partial charge in [0.25, 0.3) is 0 Å². The van der Waals surface area contributed by atoms with Crippen molar-refractivity contribution in [3.63, 3.8) is 0 Å². The Morgan fingerprint density at radius 1 is 1.52 bits per heavy atom. The fourth-order valence-electron chi connectivity index (χ4n) is 2.84. The van der Waals surface area contributed by atoms with E-state index in [4.69, 9.17) is 26.2 Å². The highest BCUT2D eigenvalue weighted by molar-refractivity contribution is 6.30. The summed E-state index contributed by atoms with van der Waals surface area (Å²) in [6.45, 7) is 3.65. The van der Waals surface area contributed by atoms with Crippen LogP contribution in [-0.4, -0.2) is 22.7 Å². The number of benzene rings is 1. The lowest BCUT2D eigenvalue weighted by molar-refractivity contribution is -0.139. The predicted octanol–water partition coefficient (Wildman–Crippen LogP) is 3.30. The number of carboxylic acids is 1. The van der Waals surface area contributed by atoms with Crippen LogP contribution in [0, 0.1) is 6.92 Å². The van der Waals surface area contributed by atoms with Crippen molar-refractivity contribution in [2.75, 3.05) is 6.61 Å². The van der Waals surface area contributed by atoms with Gasteiger partial charge in [-0.3, -0.25) is 4.98 Å². The first-order valence-electron chi connectivity index (χ1n) is 7.15. The molecule has 0 amide bonds. The van der Waals surface area contributed by atoms with Gasteiger partial charge in [0, 0.05) is 22.3 Å². The Kier molecular flexibility index (Phi) is 4.00. The van der Waals surface area contributed by atoms with E-state index in [1.807, 2.05) is 25.1 Å². The van der Waals surface area contributed by atoms with Gasteiger partial charge >= 0.3 is 5.97 Å². The molecule has 0 radical (unpaired) electrons. The average molecular weight is 334 g/mol. The summed E-state index contributed by atoms with van der Waals surface area (Å²) in [5.74, 6) is -0.547. The summed E-state index contributed by atoms with van der Waals surface area (Å²) in [7, 11) is 0. The molecule has 0 saturated heterocycles. The molecule has 1 atom stereocenters. The van der Waals surface area contributed by atoms with Crippen molar-refractivity contribution in [2.24, 2.45) is 0 Å². The monoisotopic (exact) mass is 333 g/mol. The molecule has 0 spiro atoms. The van der Waals surface area contributed by atoms with Gasteiger partial charge in [-0.15, -0.1) is 0 Å². The standard InChI is InChI=1S/C17H16ClNO4/c1-10-16(22-9-15(20)21)13-8-23-17(2,14(13)7-19-10)11-4-3-5-12(18)6-11/h3-7H,8-9H2,1-2H3,(H,20,21). The first-order chi connectivity index (χ1) is 10.9. The number of fused-ring (bicyclic) bond motifs is 1. The van der Waals surface area contributed by atoms with Crippen LogP contribution in [0.15, 0.2) is 30.5 Å². The smallest absolute Gasteiger partial charge is 0.341 e. The third-order valence-electron chi connectivity index (χ3n) is 4.05. The number of carbonyl (C=O) groups is 1. The Morgan fingerprint density at radius 3 is 3.00 bits per heavy atom. The van der Waals surface area contributed by atoms with Crippen LogP contribution < -0.4 is 4.74 Å². The zero-order chi connectivity index (χ0) is 16.6. The van der Waals surface area contributed by atoms with Crippen LogP contribution in [0.5, 0.6) is 5.75 Å². The molecule has 3 rings (SSSR count). The van der Waals surface area contributed by atoms with Crippen LogP contribution in [-0.2, 0) is 21.7 Å². The highest BCUT2D eigenvalue weighted by Gasteiger charge is 2.40. The molecule has 0 aliphatic carbocycles. The van der Waals surface area contributed by atoms with E-state index in [9.17, 15) is 4.79 Å². The van der Waals surface area contributed by atoms with Gasteiger partial charge in [-0.25, -0.2) is 4.79 Å². The Bertz CT molecular complexity index is 777. The first kappa shape index (κ1) is 15.8. The maximum atomic E-state index is 10.8. The molecule has 120 valence electrons. The van der Waals surface area contributed by atoms with Gasteiger partial charge in [0.05, 0.1) is 12.3 Å². The van der Waals surface area contributed by atoms with E-state index in [1.165, 1.54) is 0 Å². The number of nitrogens with zero attached hydrogens (tertiary/aromatic N) is 1. The molecule has 0 bridgehead atoms. The lowest BCUT2D eigenvalue weighted by Crippen LogP contribution is -2.22. The van der Waals surface area contributed by atoms with Gasteiger partial charge in [0.15, 0.2) is 6.61 Å². The van der Waals surface area contributed by atoms with Gasteiger partial charge < -0.3 is 14.6 Å². The lowest BCUT2D eigenvalue weighted by Gasteiger charge is -2.25. The maximum absolute atomic E-state index is 10.8. The number of aromatic nitrogens is 1. The highest BCUT2D eigenvalue weighted by atomic mass is 35.5. The Labute approximate surface area is 138 Å². The van der Waals surface area contributed by atoms with Crippen molar-refractivity contribution in [2.45, 2.75) is 26.1 Å². The molecule has 1 aliphatic rings. The van der Waals surface area contributed by atoms with Crippen molar-refractivity contribution in [3.8, 4) is 5.75 Å². The molecule has 1 aromatic heterocycles. The molecule has 2 heterocycles. The quantitative estimate of drug-likeness (QED) is 0.929. The number of ether oxygens (including phenoxy) is 2. The fraction of sp³-hybridized carbons (Fsp3) is 0.294. The first-order valence-corrected chi connectivity index (χ1v) is 7.53. The minimum atomic E-state index is -1.03. The largest absolute Gasteiger partial charge is 0.480 e. The minimum Gasteiger partial charge on any atom is -0.480 e. The van der Waals surface area contributed by atoms with E-state index in [0.717, 1.165) is 16.7 Å². The van der Waals surface area contributed by atoms with Gasteiger partial charge in [-0.1, -0.05) is 23.7 Å². The summed E-state index contributed by atoms with van der Waals surface area (Å²) >= 11 is 6.09. The van der Waals surface area contributed by atoms with Crippen LogP contribution in [0.3, 0.4) is 0 Å². The second kappa shape index (κ2) is 5.83. The van der Waals surface area contributed by atoms with Gasteiger partial charge in [-0.05, 0) is 31.5 Å². The highest BCUT2D eigenvalue weighted by Crippen LogP contribution is 2.45. The summed E-state index contributed by atoms with van der Waals surface area (Å²) in [4.78, 5) is 15.1. The number of halogens is 1. The van der Waals surface area contributed by atoms with Crippen LogP contribution in [0.25, 0.3) is 0 Å². The molecule has 0 saturated carbocycles. The second-order valence-corrected chi connectivity index (χ2v) is 6.02. The van der Waals surface area contributed by atoms with Crippen molar-refractivity contribution in [3.05, 3.63) is 57.9 Å². The van der Waals surface area contributed by atoms with E-state index < -0.39 is 18.2 Å². The van der Waals surface area contributed by atoms with Crippen molar-refractivity contribution in [1.82, 2.24) is 4.98 Å². The normalized spacial score (nSPS) is 19.4. The molecule has 1 unspecified atom stereocenters. The Hall–Kier alpha value is -2.11. The molecule has 0 fully saturated rings. The topological polar surface area (TPSA) is 68.7 Å². The van der Waals surface area contributed by atoms with Gasteiger partial charge in [0.1, 0.15) is 11.4 Å². The lowest BCUT2D eigenvalue weighted by atomic mass is 9.88. The zero-order valence-electron chi connectivity index (χ0n) is 12.8. The van der Waals surface area contributed by atoms with Crippen molar-refractivity contribution in [1.29, 1.82) is 0 Å². The third-order valence-corrected chi connectivity index (χ3v) is 4.28. The summed E-state index contributed by atoms with van der Waals surface area (Å²) in [5, 5.41) is 9.46. The number of aliphatic carboxylic acids is 1. The third kappa shape index (κ3) is 2.78. The molecule has 23 heavy (non-hydrogen) atoms. The number of pyridine rings is 1. The number of hydrogen-bond acceptors (Lipinski definition) is 4. The number of carboxylic acid groups (broad SMARTS) is 1. The van der Waals surface area contributed by atoms with Gasteiger partial charge in [0.2, 0.25) is 0 Å². The van der Waals surface area contributed by atoms with E-state index >= 15 is 0 Å². The van der Waals surface area contributed by atoms with Crippen LogP contribution >= 0.6 is 11.6 Å². The van der Waals surface area contributed by atoms with Crippen LogP contribution in [0.2, 0.25) is 5.02 Å². The molecular formula is C17H16ClNO4. The van der Waals surface area contributed by atoms with E-state index in [0.29, 0.717) is 23.1 Å². The van der Waals surface area contributed by atoms with Gasteiger partial charge in [-0.2, -0.15) is 0 Å². The van der Waals surface area contributed by atoms with E-state index in [2.05, 4.69) is 4.98 Å². The number of hydrogen-bond donors (Lipinski definition) is 1. The molecule has 5 nitrogen and oxygen atoms in total. The van der Waals surface area contributed by atoms with Crippen LogP contribution in [0.4, 0.5) is 0 Å². The zero-order valence-corrected chi connectivity index (χ0v) is 13.6.